The zero-order valence-corrected chi connectivity index (χ0v) is 13.1. The van der Waals surface area contributed by atoms with Crippen LogP contribution in [0.2, 0.25) is 0 Å². The summed E-state index contributed by atoms with van der Waals surface area (Å²) in [7, 11) is 0. The predicted octanol–water partition coefficient (Wildman–Crippen LogP) is 2.70. The molecule has 5 saturated carbocycles. The molecule has 0 aromatic rings. The number of nitrogens with zero attached hydrogens (tertiary/aromatic N) is 1. The molecule has 4 heteroatoms. The Bertz CT molecular complexity index is 376. The minimum atomic E-state index is 0.300. The first-order valence-electron chi connectivity index (χ1n) is 9.07. The summed E-state index contributed by atoms with van der Waals surface area (Å²) < 4.78 is 0. The highest BCUT2D eigenvalue weighted by molar-refractivity contribution is 5.80. The van der Waals surface area contributed by atoms with E-state index in [2.05, 4.69) is 10.7 Å². The quantitative estimate of drug-likeness (QED) is 0.317. The van der Waals surface area contributed by atoms with Gasteiger partial charge in [0.15, 0.2) is 0 Å². The van der Waals surface area contributed by atoms with Crippen LogP contribution in [0.4, 0.5) is 0 Å². The van der Waals surface area contributed by atoms with Crippen LogP contribution < -0.4 is 16.6 Å². The second-order valence-corrected chi connectivity index (χ2v) is 8.24. The van der Waals surface area contributed by atoms with Crippen LogP contribution in [-0.4, -0.2) is 17.5 Å². The lowest BCUT2D eigenvalue weighted by Gasteiger charge is -2.57. The molecule has 0 amide bonds. The maximum Gasteiger partial charge on any atom is 0.206 e. The lowest BCUT2D eigenvalue weighted by Crippen LogP contribution is -2.62. The first-order valence-corrected chi connectivity index (χ1v) is 9.07. The minimum Gasteiger partial charge on any atom is -0.350 e. The summed E-state index contributed by atoms with van der Waals surface area (Å²) in [6, 6.07) is 0.478. The van der Waals surface area contributed by atoms with E-state index in [-0.39, 0.29) is 0 Å². The average Bonchev–Trinajstić information content (AvgIpc) is 2.46. The van der Waals surface area contributed by atoms with Crippen molar-refractivity contribution in [1.29, 1.82) is 0 Å². The van der Waals surface area contributed by atoms with Crippen molar-refractivity contribution in [2.75, 3.05) is 0 Å². The smallest absolute Gasteiger partial charge is 0.206 e. The number of hydrazine groups is 1. The van der Waals surface area contributed by atoms with Crippen molar-refractivity contribution in [3.05, 3.63) is 0 Å². The van der Waals surface area contributed by atoms with Crippen LogP contribution >= 0.6 is 0 Å². The maximum absolute atomic E-state index is 5.78. The first-order chi connectivity index (χ1) is 10.2. The molecule has 0 radical (unpaired) electrons. The van der Waals surface area contributed by atoms with E-state index in [0.717, 1.165) is 23.7 Å². The molecule has 4 N–H and O–H groups in total. The van der Waals surface area contributed by atoms with Gasteiger partial charge in [0.2, 0.25) is 5.96 Å². The molecule has 5 aliphatic rings. The van der Waals surface area contributed by atoms with E-state index >= 15 is 0 Å². The lowest BCUT2D eigenvalue weighted by atomic mass is 9.53. The molecule has 0 spiro atoms. The van der Waals surface area contributed by atoms with Crippen LogP contribution in [-0.2, 0) is 0 Å². The lowest BCUT2D eigenvalue weighted by molar-refractivity contribution is -0.0106. The Hall–Kier alpha value is -0.770. The predicted molar refractivity (Wildman–Crippen MR) is 85.7 cm³/mol. The molecule has 5 fully saturated rings. The highest BCUT2D eigenvalue weighted by Gasteiger charge is 2.51. The summed E-state index contributed by atoms with van der Waals surface area (Å²) in [5, 5.41) is 3.77. The standard InChI is InChI=1S/C17H30N4/c18-21-16(19-15-4-2-1-3-5-15)20-17-9-12-6-13(10-17)8-14(7-12)11-17/h12-15H,1-11,18H2,(H2,19,20,21). The third kappa shape index (κ3) is 2.79. The number of nitrogens with two attached hydrogens (primary N) is 1. The molecular weight excluding hydrogens is 260 g/mol. The molecular formula is C17H30N4. The summed E-state index contributed by atoms with van der Waals surface area (Å²) in [4.78, 5) is 4.90. The van der Waals surface area contributed by atoms with E-state index < -0.39 is 0 Å². The van der Waals surface area contributed by atoms with Gasteiger partial charge < -0.3 is 5.32 Å². The van der Waals surface area contributed by atoms with Gasteiger partial charge in [-0.2, -0.15) is 0 Å². The molecule has 5 aliphatic carbocycles. The number of nitrogens with one attached hydrogen (secondary N) is 2. The third-order valence-electron chi connectivity index (χ3n) is 6.44. The van der Waals surface area contributed by atoms with Gasteiger partial charge in [-0.25, -0.2) is 10.8 Å². The van der Waals surface area contributed by atoms with Crippen LogP contribution in [0.25, 0.3) is 0 Å². The Morgan fingerprint density at radius 3 is 2.00 bits per heavy atom. The van der Waals surface area contributed by atoms with Crippen LogP contribution in [0.5, 0.6) is 0 Å². The number of guanidine groups is 1. The Labute approximate surface area is 128 Å². The van der Waals surface area contributed by atoms with E-state index in [1.165, 1.54) is 70.6 Å². The van der Waals surface area contributed by atoms with Gasteiger partial charge in [-0.3, -0.25) is 5.43 Å². The molecule has 4 nitrogen and oxygen atoms in total. The van der Waals surface area contributed by atoms with Crippen LogP contribution in [0.15, 0.2) is 4.99 Å². The topological polar surface area (TPSA) is 62.4 Å². The van der Waals surface area contributed by atoms with Crippen molar-refractivity contribution in [2.45, 2.75) is 82.2 Å². The van der Waals surface area contributed by atoms with Gasteiger partial charge >= 0.3 is 0 Å². The van der Waals surface area contributed by atoms with Gasteiger partial charge in [0.1, 0.15) is 0 Å². The van der Waals surface area contributed by atoms with E-state index in [4.69, 9.17) is 10.8 Å². The summed E-state index contributed by atoms with van der Waals surface area (Å²) in [6.07, 6.45) is 14.9. The Morgan fingerprint density at radius 2 is 1.48 bits per heavy atom. The number of hydrogen-bond acceptors (Lipinski definition) is 2. The molecule has 0 aliphatic heterocycles. The molecule has 0 atom stereocenters. The van der Waals surface area contributed by atoms with Crippen LogP contribution in [0, 0.1) is 17.8 Å². The number of aliphatic imine (C=N–C) groups is 1. The summed E-state index contributed by atoms with van der Waals surface area (Å²) >= 11 is 0. The Kier molecular flexibility index (Phi) is 3.60. The number of hydrogen-bond donors (Lipinski definition) is 3. The molecule has 0 heterocycles. The van der Waals surface area contributed by atoms with E-state index in [1.54, 1.807) is 0 Å². The summed E-state index contributed by atoms with van der Waals surface area (Å²) in [6.45, 7) is 0. The highest BCUT2D eigenvalue weighted by atomic mass is 15.3. The maximum atomic E-state index is 5.78. The van der Waals surface area contributed by atoms with Crippen molar-refractivity contribution in [3.8, 4) is 0 Å². The minimum absolute atomic E-state index is 0.300. The van der Waals surface area contributed by atoms with Crippen molar-refractivity contribution in [2.24, 2.45) is 28.6 Å². The normalized spacial score (nSPS) is 43.1. The fraction of sp³-hybridized carbons (Fsp3) is 0.941. The second-order valence-electron chi connectivity index (χ2n) is 8.24. The van der Waals surface area contributed by atoms with E-state index in [9.17, 15) is 0 Å². The Morgan fingerprint density at radius 1 is 0.905 bits per heavy atom. The van der Waals surface area contributed by atoms with E-state index in [1.807, 2.05) is 0 Å². The molecule has 0 aromatic carbocycles. The molecule has 0 unspecified atom stereocenters. The summed E-state index contributed by atoms with van der Waals surface area (Å²) in [5.41, 5.74) is 3.16. The fourth-order valence-electron chi connectivity index (χ4n) is 6.01. The molecule has 4 bridgehead atoms. The fourth-order valence-corrected chi connectivity index (χ4v) is 6.01. The van der Waals surface area contributed by atoms with Crippen LogP contribution in [0.3, 0.4) is 0 Å². The molecule has 21 heavy (non-hydrogen) atoms. The van der Waals surface area contributed by atoms with Crippen LogP contribution in [0.1, 0.15) is 70.6 Å². The number of rotatable bonds is 2. The molecule has 118 valence electrons. The molecule has 5 rings (SSSR count). The van der Waals surface area contributed by atoms with Crippen molar-refractivity contribution in [1.82, 2.24) is 10.7 Å². The van der Waals surface area contributed by atoms with Gasteiger partial charge in [0.05, 0.1) is 6.04 Å². The van der Waals surface area contributed by atoms with Gasteiger partial charge in [-0.1, -0.05) is 19.3 Å². The van der Waals surface area contributed by atoms with Gasteiger partial charge in [0, 0.05) is 5.54 Å². The zero-order valence-electron chi connectivity index (χ0n) is 13.1. The second kappa shape index (κ2) is 5.45. The van der Waals surface area contributed by atoms with Crippen molar-refractivity contribution < 1.29 is 0 Å². The largest absolute Gasteiger partial charge is 0.350 e. The average molecular weight is 290 g/mol. The first kappa shape index (κ1) is 13.9. The van der Waals surface area contributed by atoms with Gasteiger partial charge in [0.25, 0.3) is 0 Å². The Balaban J connectivity index is 1.47. The molecule has 0 saturated heterocycles. The van der Waals surface area contributed by atoms with Gasteiger partial charge in [-0.15, -0.1) is 0 Å². The highest BCUT2D eigenvalue weighted by Crippen LogP contribution is 2.55. The third-order valence-corrected chi connectivity index (χ3v) is 6.44. The summed E-state index contributed by atoms with van der Waals surface area (Å²) in [5.74, 6) is 9.51. The van der Waals surface area contributed by atoms with Crippen molar-refractivity contribution in [3.63, 3.8) is 0 Å². The van der Waals surface area contributed by atoms with E-state index in [0.29, 0.717) is 11.6 Å². The molecule has 0 aromatic heterocycles. The monoisotopic (exact) mass is 290 g/mol. The van der Waals surface area contributed by atoms with Crippen molar-refractivity contribution >= 4 is 5.96 Å². The zero-order chi connectivity index (χ0) is 14.3. The SMILES string of the molecule is NNC(=NC1CCCCC1)NC12CC3CC(CC(C3)C1)C2. The van der Waals surface area contributed by atoms with Gasteiger partial charge in [-0.05, 0) is 69.1 Å².